The molecule has 2 amide bonds. The Bertz CT molecular complexity index is 423. The number of hydrogen-bond donors (Lipinski definition) is 0. The number of amides is 2. The van der Waals surface area contributed by atoms with Gasteiger partial charge in [0, 0.05) is 33.1 Å². The highest BCUT2D eigenvalue weighted by atomic mass is 16.6. The summed E-state index contributed by atoms with van der Waals surface area (Å²) < 4.78 is 11.5. The number of carbonyl (C=O) groups excluding carboxylic acids is 2. The minimum atomic E-state index is -0.405. The number of morpholine rings is 1. The van der Waals surface area contributed by atoms with Crippen molar-refractivity contribution in [2.45, 2.75) is 58.7 Å². The second kappa shape index (κ2) is 9.37. The maximum Gasteiger partial charge on any atom is 0.248 e. The predicted molar refractivity (Wildman–Crippen MR) is 93.7 cm³/mol. The molecule has 1 saturated heterocycles. The van der Waals surface area contributed by atoms with E-state index >= 15 is 0 Å². The van der Waals surface area contributed by atoms with E-state index in [1.807, 2.05) is 25.7 Å². The number of hydrogen-bond acceptors (Lipinski definition) is 4. The molecule has 0 aromatic carbocycles. The van der Waals surface area contributed by atoms with Gasteiger partial charge in [0.15, 0.2) is 0 Å². The molecule has 1 aliphatic heterocycles. The van der Waals surface area contributed by atoms with Crippen LogP contribution in [0.25, 0.3) is 0 Å². The molecule has 1 fully saturated rings. The number of likely N-dealkylation sites (N-methyl/N-ethyl adjacent to an activating group) is 1. The molecule has 1 heterocycles. The summed E-state index contributed by atoms with van der Waals surface area (Å²) in [4.78, 5) is 27.6. The van der Waals surface area contributed by atoms with Crippen LogP contribution < -0.4 is 0 Å². The third-order valence-electron chi connectivity index (χ3n) is 4.23. The monoisotopic (exact) mass is 342 g/mol. The molecule has 2 atom stereocenters. The van der Waals surface area contributed by atoms with Gasteiger partial charge >= 0.3 is 0 Å². The van der Waals surface area contributed by atoms with E-state index in [4.69, 9.17) is 9.47 Å². The molecule has 0 aromatic rings. The third kappa shape index (κ3) is 6.77. The minimum absolute atomic E-state index is 0.0359. The lowest BCUT2D eigenvalue weighted by molar-refractivity contribution is -0.174. The Morgan fingerprint density at radius 1 is 1.38 bits per heavy atom. The lowest BCUT2D eigenvalue weighted by Gasteiger charge is -2.43. The van der Waals surface area contributed by atoms with Gasteiger partial charge in [-0.3, -0.25) is 9.59 Å². The van der Waals surface area contributed by atoms with E-state index < -0.39 is 5.60 Å². The Kier molecular flexibility index (Phi) is 8.16. The van der Waals surface area contributed by atoms with E-state index in [-0.39, 0.29) is 30.4 Å². The van der Waals surface area contributed by atoms with Crippen LogP contribution in [-0.2, 0) is 19.1 Å². The summed E-state index contributed by atoms with van der Waals surface area (Å²) in [5.74, 6) is 0.149. The Morgan fingerprint density at radius 3 is 2.62 bits per heavy atom. The van der Waals surface area contributed by atoms with Gasteiger partial charge < -0.3 is 19.3 Å². The van der Waals surface area contributed by atoms with Crippen LogP contribution >= 0.6 is 0 Å². The number of nitrogens with zero attached hydrogens (tertiary/aromatic N) is 2. The first kappa shape index (κ1) is 20.9. The highest BCUT2D eigenvalue weighted by Crippen LogP contribution is 2.23. The highest BCUT2D eigenvalue weighted by Gasteiger charge is 2.36. The van der Waals surface area contributed by atoms with Crippen LogP contribution in [0.4, 0.5) is 0 Å². The Labute approximate surface area is 146 Å². The van der Waals surface area contributed by atoms with Crippen molar-refractivity contribution in [2.24, 2.45) is 5.92 Å². The molecule has 0 radical (unpaired) electrons. The van der Waals surface area contributed by atoms with Crippen LogP contribution in [0, 0.1) is 5.92 Å². The number of carbonyl (C=O) groups is 2. The fourth-order valence-corrected chi connectivity index (χ4v) is 2.90. The van der Waals surface area contributed by atoms with E-state index in [2.05, 4.69) is 6.92 Å². The van der Waals surface area contributed by atoms with Crippen molar-refractivity contribution in [3.63, 3.8) is 0 Å². The van der Waals surface area contributed by atoms with Gasteiger partial charge in [-0.25, -0.2) is 0 Å². The van der Waals surface area contributed by atoms with E-state index in [0.29, 0.717) is 19.7 Å². The summed E-state index contributed by atoms with van der Waals surface area (Å²) in [5.41, 5.74) is -0.405. The predicted octanol–water partition coefficient (Wildman–Crippen LogP) is 1.92. The molecule has 6 nitrogen and oxygen atoms in total. The molecule has 0 saturated carbocycles. The largest absolute Gasteiger partial charge is 0.369 e. The quantitative estimate of drug-likeness (QED) is 0.676. The van der Waals surface area contributed by atoms with Gasteiger partial charge in [-0.1, -0.05) is 26.7 Å². The molecule has 0 bridgehead atoms. The van der Waals surface area contributed by atoms with Gasteiger partial charge in [-0.05, 0) is 20.3 Å². The zero-order valence-electron chi connectivity index (χ0n) is 16.1. The molecular formula is C18H34N2O4. The van der Waals surface area contributed by atoms with Crippen LogP contribution in [-0.4, -0.2) is 73.7 Å². The molecule has 140 valence electrons. The van der Waals surface area contributed by atoms with E-state index in [1.54, 1.807) is 14.1 Å². The SMILES string of the molecule is CCCC[C@H](C)C(=O)N1C[C@@H](COCC(=O)N(C)C)OC(C)(C)C1. The molecule has 24 heavy (non-hydrogen) atoms. The van der Waals surface area contributed by atoms with Crippen molar-refractivity contribution in [3.8, 4) is 0 Å². The van der Waals surface area contributed by atoms with Crippen LogP contribution in [0.3, 0.4) is 0 Å². The zero-order valence-corrected chi connectivity index (χ0v) is 16.1. The van der Waals surface area contributed by atoms with E-state index in [1.165, 1.54) is 4.90 Å². The van der Waals surface area contributed by atoms with Crippen molar-refractivity contribution < 1.29 is 19.1 Å². The Morgan fingerprint density at radius 2 is 2.04 bits per heavy atom. The summed E-state index contributed by atoms with van der Waals surface area (Å²) in [6, 6.07) is 0. The van der Waals surface area contributed by atoms with Gasteiger partial charge in [0.1, 0.15) is 6.61 Å². The number of unbranched alkanes of at least 4 members (excludes halogenated alkanes) is 1. The van der Waals surface area contributed by atoms with Crippen molar-refractivity contribution in [1.82, 2.24) is 9.80 Å². The third-order valence-corrected chi connectivity index (χ3v) is 4.23. The van der Waals surface area contributed by atoms with Crippen LogP contribution in [0.1, 0.15) is 47.0 Å². The molecule has 1 aliphatic rings. The topological polar surface area (TPSA) is 59.1 Å². The fraction of sp³-hybridized carbons (Fsp3) is 0.889. The highest BCUT2D eigenvalue weighted by molar-refractivity contribution is 5.78. The second-order valence-corrected chi connectivity index (χ2v) is 7.56. The molecule has 0 N–H and O–H groups in total. The average Bonchev–Trinajstić information content (AvgIpc) is 2.50. The average molecular weight is 342 g/mol. The smallest absolute Gasteiger partial charge is 0.248 e. The molecule has 0 aromatic heterocycles. The normalized spacial score (nSPS) is 21.4. The number of ether oxygens (including phenoxy) is 2. The van der Waals surface area contributed by atoms with E-state index in [0.717, 1.165) is 19.3 Å². The lowest BCUT2D eigenvalue weighted by atomic mass is 9.99. The minimum Gasteiger partial charge on any atom is -0.369 e. The van der Waals surface area contributed by atoms with Crippen LogP contribution in [0.2, 0.25) is 0 Å². The summed E-state index contributed by atoms with van der Waals surface area (Å²) in [7, 11) is 3.40. The first-order valence-electron chi connectivity index (χ1n) is 8.90. The maximum atomic E-state index is 12.7. The van der Waals surface area contributed by atoms with Gasteiger partial charge in [-0.2, -0.15) is 0 Å². The second-order valence-electron chi connectivity index (χ2n) is 7.56. The van der Waals surface area contributed by atoms with Crippen LogP contribution in [0.15, 0.2) is 0 Å². The van der Waals surface area contributed by atoms with Crippen molar-refractivity contribution in [3.05, 3.63) is 0 Å². The first-order chi connectivity index (χ1) is 11.2. The standard InChI is InChI=1S/C18H34N2O4/c1-7-8-9-14(2)17(22)20-10-15(24-18(3,4)13-20)11-23-12-16(21)19(5)6/h14-15H,7-13H2,1-6H3/t14-,15-/m0/s1. The lowest BCUT2D eigenvalue weighted by Crippen LogP contribution is -2.56. The summed E-state index contributed by atoms with van der Waals surface area (Å²) >= 11 is 0. The Balaban J connectivity index is 2.56. The summed E-state index contributed by atoms with van der Waals surface area (Å²) in [5, 5.41) is 0. The molecule has 1 rings (SSSR count). The van der Waals surface area contributed by atoms with Gasteiger partial charge in [-0.15, -0.1) is 0 Å². The Hall–Kier alpha value is -1.14. The van der Waals surface area contributed by atoms with Gasteiger partial charge in [0.25, 0.3) is 0 Å². The van der Waals surface area contributed by atoms with Crippen LogP contribution in [0.5, 0.6) is 0 Å². The van der Waals surface area contributed by atoms with Crippen molar-refractivity contribution in [2.75, 3.05) is 40.4 Å². The fourth-order valence-electron chi connectivity index (χ4n) is 2.90. The van der Waals surface area contributed by atoms with Crippen molar-refractivity contribution in [1.29, 1.82) is 0 Å². The van der Waals surface area contributed by atoms with Gasteiger partial charge in [0.2, 0.25) is 11.8 Å². The van der Waals surface area contributed by atoms with Crippen molar-refractivity contribution >= 4 is 11.8 Å². The molecule has 6 heteroatoms. The molecular weight excluding hydrogens is 308 g/mol. The van der Waals surface area contributed by atoms with Gasteiger partial charge in [0.05, 0.1) is 18.3 Å². The molecule has 0 aliphatic carbocycles. The number of rotatable bonds is 8. The molecule has 0 spiro atoms. The molecule has 0 unspecified atom stereocenters. The summed E-state index contributed by atoms with van der Waals surface area (Å²) in [6.07, 6.45) is 2.89. The zero-order chi connectivity index (χ0) is 18.3. The van der Waals surface area contributed by atoms with E-state index in [9.17, 15) is 9.59 Å². The summed E-state index contributed by atoms with van der Waals surface area (Å²) in [6.45, 7) is 9.58. The first-order valence-corrected chi connectivity index (χ1v) is 8.90. The maximum absolute atomic E-state index is 12.7.